The van der Waals surface area contributed by atoms with E-state index in [1.54, 1.807) is 36.7 Å². The monoisotopic (exact) mass is 352 g/mol. The van der Waals surface area contributed by atoms with Gasteiger partial charge in [-0.15, -0.1) is 0 Å². The number of esters is 1. The lowest BCUT2D eigenvalue weighted by molar-refractivity contribution is -0.175. The normalized spacial score (nSPS) is 27.3. The number of rotatable bonds is 5. The molecule has 0 saturated heterocycles. The van der Waals surface area contributed by atoms with E-state index in [2.05, 4.69) is 10.3 Å². The van der Waals surface area contributed by atoms with Crippen molar-refractivity contribution < 1.29 is 23.4 Å². The molecule has 0 spiro atoms. The molecule has 1 fully saturated rings. The highest BCUT2D eigenvalue weighted by molar-refractivity contribution is 5.81. The van der Waals surface area contributed by atoms with Gasteiger partial charge in [0.15, 0.2) is 5.60 Å². The number of hydrogen-bond donors (Lipinski definition) is 2. The first-order chi connectivity index (χ1) is 11.9. The minimum Gasteiger partial charge on any atom is -0.461 e. The zero-order valence-electron chi connectivity index (χ0n) is 13.8. The fraction of sp³-hybridized carbons (Fsp3) is 0.556. The SMILES string of the molecule is O=C(OCC1CCN=CN1)[C@](O)(c1ccccc1)[C@@H]1CCC(F)(F)C1. The van der Waals surface area contributed by atoms with Crippen molar-refractivity contribution in [3.8, 4) is 0 Å². The highest BCUT2D eigenvalue weighted by Crippen LogP contribution is 2.47. The van der Waals surface area contributed by atoms with Gasteiger partial charge in [-0.05, 0) is 18.4 Å². The molecular weight excluding hydrogens is 330 g/mol. The van der Waals surface area contributed by atoms with E-state index in [4.69, 9.17) is 4.74 Å². The van der Waals surface area contributed by atoms with Crippen molar-refractivity contribution >= 4 is 12.3 Å². The zero-order chi connectivity index (χ0) is 17.9. The molecule has 1 aromatic carbocycles. The Balaban J connectivity index is 1.78. The molecule has 0 radical (unpaired) electrons. The molecule has 7 heteroatoms. The molecule has 1 aliphatic carbocycles. The van der Waals surface area contributed by atoms with E-state index in [-0.39, 0.29) is 25.5 Å². The van der Waals surface area contributed by atoms with Crippen LogP contribution in [0.5, 0.6) is 0 Å². The first kappa shape index (κ1) is 17.8. The van der Waals surface area contributed by atoms with E-state index in [0.29, 0.717) is 18.5 Å². The second-order valence-electron chi connectivity index (χ2n) is 6.71. The van der Waals surface area contributed by atoms with Gasteiger partial charge in [-0.1, -0.05) is 30.3 Å². The third-order valence-corrected chi connectivity index (χ3v) is 4.94. The van der Waals surface area contributed by atoms with Crippen molar-refractivity contribution in [2.75, 3.05) is 13.2 Å². The van der Waals surface area contributed by atoms with Gasteiger partial charge in [0, 0.05) is 25.3 Å². The minimum absolute atomic E-state index is 0.0586. The first-order valence-electron chi connectivity index (χ1n) is 8.49. The predicted molar refractivity (Wildman–Crippen MR) is 88.5 cm³/mol. The van der Waals surface area contributed by atoms with Gasteiger partial charge in [0.2, 0.25) is 5.92 Å². The quantitative estimate of drug-likeness (QED) is 0.798. The topological polar surface area (TPSA) is 70.9 Å². The molecule has 2 N–H and O–H groups in total. The fourth-order valence-electron chi connectivity index (χ4n) is 3.47. The summed E-state index contributed by atoms with van der Waals surface area (Å²) in [5, 5.41) is 14.1. The third kappa shape index (κ3) is 3.81. The average Bonchev–Trinajstić information content (AvgIpc) is 3.01. The largest absolute Gasteiger partial charge is 0.461 e. The van der Waals surface area contributed by atoms with E-state index >= 15 is 0 Å². The van der Waals surface area contributed by atoms with Crippen LogP contribution in [-0.4, -0.2) is 42.5 Å². The highest BCUT2D eigenvalue weighted by atomic mass is 19.3. The van der Waals surface area contributed by atoms with Crippen LogP contribution >= 0.6 is 0 Å². The van der Waals surface area contributed by atoms with Crippen LogP contribution < -0.4 is 5.32 Å². The van der Waals surface area contributed by atoms with E-state index in [1.807, 2.05) is 0 Å². The molecule has 1 aromatic rings. The average molecular weight is 352 g/mol. The molecule has 2 aliphatic rings. The number of alkyl halides is 2. The number of carbonyl (C=O) groups excluding carboxylic acids is 1. The number of halogens is 2. The van der Waals surface area contributed by atoms with E-state index in [1.165, 1.54) is 0 Å². The maximum absolute atomic E-state index is 13.7. The Morgan fingerprint density at radius 1 is 1.36 bits per heavy atom. The molecule has 1 heterocycles. The predicted octanol–water partition coefficient (Wildman–Crippen LogP) is 2.24. The second-order valence-corrected chi connectivity index (χ2v) is 6.71. The lowest BCUT2D eigenvalue weighted by atomic mass is 9.80. The van der Waals surface area contributed by atoms with Crippen molar-refractivity contribution in [2.24, 2.45) is 10.9 Å². The molecule has 1 unspecified atom stereocenters. The first-order valence-corrected chi connectivity index (χ1v) is 8.49. The number of aliphatic hydroxyl groups is 1. The summed E-state index contributed by atoms with van der Waals surface area (Å²) >= 11 is 0. The number of hydrogen-bond acceptors (Lipinski definition) is 5. The maximum atomic E-state index is 13.7. The number of nitrogens with one attached hydrogen (secondary N) is 1. The lowest BCUT2D eigenvalue weighted by Crippen LogP contribution is -2.46. The summed E-state index contributed by atoms with van der Waals surface area (Å²) in [6, 6.07) is 8.13. The molecule has 0 bridgehead atoms. The van der Waals surface area contributed by atoms with Crippen LogP contribution in [0.1, 0.15) is 31.2 Å². The Kier molecular flexibility index (Phi) is 5.03. The van der Waals surface area contributed by atoms with Crippen molar-refractivity contribution in [2.45, 2.75) is 43.2 Å². The number of aliphatic imine (C=N–C) groups is 1. The van der Waals surface area contributed by atoms with E-state index < -0.39 is 29.8 Å². The molecule has 5 nitrogen and oxygen atoms in total. The van der Waals surface area contributed by atoms with Crippen LogP contribution in [-0.2, 0) is 15.1 Å². The standard InChI is InChI=1S/C18H22F2N2O3/c19-17(20)8-6-14(10-17)18(24,13-4-2-1-3-5-13)16(23)25-11-15-7-9-21-12-22-15/h1-5,12,14-15,24H,6-11H2,(H,21,22)/t14-,15?,18+/m1/s1. The van der Waals surface area contributed by atoms with Gasteiger partial charge >= 0.3 is 5.97 Å². The van der Waals surface area contributed by atoms with Crippen LogP contribution in [0, 0.1) is 5.92 Å². The Morgan fingerprint density at radius 2 is 2.12 bits per heavy atom. The summed E-state index contributed by atoms with van der Waals surface area (Å²) in [4.78, 5) is 16.7. The third-order valence-electron chi connectivity index (χ3n) is 4.94. The molecule has 3 rings (SSSR count). The van der Waals surface area contributed by atoms with Crippen LogP contribution in [0.4, 0.5) is 8.78 Å². The summed E-state index contributed by atoms with van der Waals surface area (Å²) in [6.45, 7) is 0.691. The molecular formula is C18H22F2N2O3. The molecule has 3 atom stereocenters. The van der Waals surface area contributed by atoms with Gasteiger partial charge in [0.1, 0.15) is 6.61 Å². The lowest BCUT2D eigenvalue weighted by Gasteiger charge is -2.33. The second kappa shape index (κ2) is 7.07. The summed E-state index contributed by atoms with van der Waals surface area (Å²) in [7, 11) is 0. The van der Waals surface area contributed by atoms with Gasteiger partial charge < -0.3 is 15.2 Å². The Bertz CT molecular complexity index is 638. The van der Waals surface area contributed by atoms with Gasteiger partial charge in [-0.2, -0.15) is 0 Å². The highest BCUT2D eigenvalue weighted by Gasteiger charge is 2.54. The summed E-state index contributed by atoms with van der Waals surface area (Å²) < 4.78 is 32.7. The summed E-state index contributed by atoms with van der Waals surface area (Å²) in [5.41, 5.74) is -1.77. The van der Waals surface area contributed by atoms with Crippen molar-refractivity contribution in [1.29, 1.82) is 0 Å². The van der Waals surface area contributed by atoms with Crippen LogP contribution in [0.25, 0.3) is 0 Å². The molecule has 1 aliphatic heterocycles. The Labute approximate surface area is 145 Å². The molecule has 0 aromatic heterocycles. The minimum atomic E-state index is -2.87. The summed E-state index contributed by atoms with van der Waals surface area (Å²) in [5.74, 6) is -4.61. The Morgan fingerprint density at radius 3 is 2.72 bits per heavy atom. The number of nitrogens with zero attached hydrogens (tertiary/aromatic N) is 1. The van der Waals surface area contributed by atoms with Gasteiger partial charge in [-0.3, -0.25) is 4.99 Å². The zero-order valence-corrected chi connectivity index (χ0v) is 13.8. The van der Waals surface area contributed by atoms with Gasteiger partial charge in [0.25, 0.3) is 0 Å². The molecule has 0 amide bonds. The summed E-state index contributed by atoms with van der Waals surface area (Å²) in [6.07, 6.45) is 1.47. The van der Waals surface area contributed by atoms with Gasteiger partial charge in [0.05, 0.1) is 12.4 Å². The van der Waals surface area contributed by atoms with Gasteiger partial charge in [-0.25, -0.2) is 13.6 Å². The number of carbonyl (C=O) groups is 1. The fourth-order valence-corrected chi connectivity index (χ4v) is 3.47. The maximum Gasteiger partial charge on any atom is 0.343 e. The smallest absolute Gasteiger partial charge is 0.343 e. The van der Waals surface area contributed by atoms with Crippen molar-refractivity contribution in [3.05, 3.63) is 35.9 Å². The molecule has 136 valence electrons. The van der Waals surface area contributed by atoms with E-state index in [0.717, 1.165) is 0 Å². The van der Waals surface area contributed by atoms with Crippen LogP contribution in [0.2, 0.25) is 0 Å². The molecule has 25 heavy (non-hydrogen) atoms. The van der Waals surface area contributed by atoms with Crippen LogP contribution in [0.15, 0.2) is 35.3 Å². The van der Waals surface area contributed by atoms with Crippen molar-refractivity contribution in [1.82, 2.24) is 5.32 Å². The Hall–Kier alpha value is -2.02. The van der Waals surface area contributed by atoms with Crippen LogP contribution in [0.3, 0.4) is 0 Å². The van der Waals surface area contributed by atoms with Crippen molar-refractivity contribution in [3.63, 3.8) is 0 Å². The number of benzene rings is 1. The van der Waals surface area contributed by atoms with E-state index in [9.17, 15) is 18.7 Å². The molecule has 1 saturated carbocycles. The number of ether oxygens (including phenoxy) is 1.